The van der Waals surface area contributed by atoms with Crippen LogP contribution in [0.4, 0.5) is 28.4 Å². The van der Waals surface area contributed by atoms with Crippen LogP contribution in [0.25, 0.3) is 33.4 Å². The normalized spacial score (nSPS) is 10.8. The Hall–Kier alpha value is -6.46. The minimum absolute atomic E-state index is 0.0754. The van der Waals surface area contributed by atoms with E-state index in [9.17, 15) is 10.1 Å². The second kappa shape index (κ2) is 14.1. The monoisotopic (exact) mass is 637 g/mol. The van der Waals surface area contributed by atoms with Crippen LogP contribution < -0.4 is 9.80 Å². The highest BCUT2D eigenvalue weighted by atomic mass is 16.6. The zero-order valence-corrected chi connectivity index (χ0v) is 27.2. The fraction of sp³-hybridized carbons (Fsp3) is 0.0455. The van der Waals surface area contributed by atoms with Crippen molar-refractivity contribution in [2.24, 2.45) is 0 Å². The van der Waals surface area contributed by atoms with Crippen LogP contribution in [-0.4, -0.2) is 12.0 Å². The van der Waals surface area contributed by atoms with Gasteiger partial charge in [0.05, 0.1) is 4.92 Å². The fourth-order valence-corrected chi connectivity index (χ4v) is 6.09. The summed E-state index contributed by atoms with van der Waals surface area (Å²) in [6.07, 6.45) is 0. The van der Waals surface area contributed by atoms with Gasteiger partial charge in [0.1, 0.15) is 0 Å². The number of non-ortho nitro benzene ring substituents is 1. The molecule has 5 heteroatoms. The summed E-state index contributed by atoms with van der Waals surface area (Å²) in [5, 5.41) is 11.3. The molecule has 0 amide bonds. The maximum Gasteiger partial charge on any atom is 0.271 e. The third kappa shape index (κ3) is 7.11. The number of benzene rings is 7. The Balaban J connectivity index is 1.14. The molecule has 0 fully saturated rings. The standard InChI is InChI=1S/C44H35N3O2/c1-45(43-13-8-14-44(31-43)47(48)49)40-25-19-38(20-26-40)39-23-29-42(30-24-39)46(41-27-21-37(22-28-41)35-11-6-3-7-12-35)32-33-15-17-36(18-16-33)34-9-4-2-5-10-34/h2-31H,32H2,1H3. The van der Waals surface area contributed by atoms with E-state index in [1.54, 1.807) is 12.1 Å². The predicted octanol–water partition coefficient (Wildman–Crippen LogP) is 11.7. The van der Waals surface area contributed by atoms with Gasteiger partial charge in [-0.1, -0.05) is 127 Å². The average Bonchev–Trinajstić information content (AvgIpc) is 3.18. The average molecular weight is 638 g/mol. The van der Waals surface area contributed by atoms with Gasteiger partial charge in [-0.25, -0.2) is 0 Å². The minimum Gasteiger partial charge on any atom is -0.344 e. The number of nitro groups is 1. The highest BCUT2D eigenvalue weighted by molar-refractivity contribution is 5.74. The molecule has 0 aromatic heterocycles. The molecule has 0 spiro atoms. The largest absolute Gasteiger partial charge is 0.344 e. The predicted molar refractivity (Wildman–Crippen MR) is 203 cm³/mol. The second-order valence-electron chi connectivity index (χ2n) is 12.0. The quantitative estimate of drug-likeness (QED) is 0.111. The lowest BCUT2D eigenvalue weighted by Crippen LogP contribution is -2.16. The zero-order chi connectivity index (χ0) is 33.6. The third-order valence-electron chi connectivity index (χ3n) is 8.88. The van der Waals surface area contributed by atoms with E-state index in [0.29, 0.717) is 0 Å². The van der Waals surface area contributed by atoms with Crippen LogP contribution >= 0.6 is 0 Å². The van der Waals surface area contributed by atoms with Crippen LogP contribution in [0.3, 0.4) is 0 Å². The van der Waals surface area contributed by atoms with Crippen molar-refractivity contribution in [1.29, 1.82) is 0 Å². The molecule has 238 valence electrons. The molecule has 0 atom stereocenters. The molecule has 0 heterocycles. The molecule has 5 nitrogen and oxygen atoms in total. The van der Waals surface area contributed by atoms with E-state index in [1.807, 2.05) is 42.3 Å². The molecule has 0 bridgehead atoms. The molecule has 0 aliphatic heterocycles. The van der Waals surface area contributed by atoms with E-state index in [1.165, 1.54) is 33.9 Å². The maximum absolute atomic E-state index is 11.3. The van der Waals surface area contributed by atoms with Crippen molar-refractivity contribution in [3.63, 3.8) is 0 Å². The van der Waals surface area contributed by atoms with E-state index in [-0.39, 0.29) is 10.6 Å². The second-order valence-corrected chi connectivity index (χ2v) is 12.0. The van der Waals surface area contributed by atoms with Crippen molar-refractivity contribution in [3.05, 3.63) is 198 Å². The van der Waals surface area contributed by atoms with Crippen LogP contribution in [0.2, 0.25) is 0 Å². The van der Waals surface area contributed by atoms with E-state index >= 15 is 0 Å². The highest BCUT2D eigenvalue weighted by Crippen LogP contribution is 2.34. The lowest BCUT2D eigenvalue weighted by molar-refractivity contribution is -0.384. The number of nitrogens with zero attached hydrogens (tertiary/aromatic N) is 3. The molecule has 7 aromatic carbocycles. The first kappa shape index (κ1) is 31.2. The summed E-state index contributed by atoms with van der Waals surface area (Å²) < 4.78 is 0. The van der Waals surface area contributed by atoms with Crippen LogP contribution in [0, 0.1) is 10.1 Å². The molecule has 0 aliphatic rings. The van der Waals surface area contributed by atoms with Gasteiger partial charge in [-0.15, -0.1) is 0 Å². The summed E-state index contributed by atoms with van der Waals surface area (Å²) in [4.78, 5) is 15.2. The van der Waals surface area contributed by atoms with Crippen LogP contribution in [-0.2, 0) is 6.54 Å². The number of rotatable bonds is 10. The number of hydrogen-bond donors (Lipinski definition) is 0. The van der Waals surface area contributed by atoms with Crippen LogP contribution in [0.15, 0.2) is 182 Å². The molecule has 0 N–H and O–H groups in total. The Labute approximate surface area is 287 Å². The highest BCUT2D eigenvalue weighted by Gasteiger charge is 2.13. The van der Waals surface area contributed by atoms with Gasteiger partial charge in [0.25, 0.3) is 5.69 Å². The van der Waals surface area contributed by atoms with E-state index < -0.39 is 0 Å². The maximum atomic E-state index is 11.3. The Morgan fingerprint density at radius 1 is 0.449 bits per heavy atom. The molecule has 7 aromatic rings. The van der Waals surface area contributed by atoms with Gasteiger partial charge in [0.15, 0.2) is 0 Å². The number of anilines is 4. The summed E-state index contributed by atoms with van der Waals surface area (Å²) >= 11 is 0. The molecule has 0 aliphatic carbocycles. The molecule has 7 rings (SSSR count). The summed E-state index contributed by atoms with van der Waals surface area (Å²) in [7, 11) is 1.92. The van der Waals surface area contributed by atoms with Crippen molar-refractivity contribution >= 4 is 28.4 Å². The van der Waals surface area contributed by atoms with Gasteiger partial charge in [0, 0.05) is 48.5 Å². The molecule has 0 radical (unpaired) electrons. The van der Waals surface area contributed by atoms with Gasteiger partial charge in [0.2, 0.25) is 0 Å². The first-order chi connectivity index (χ1) is 24.0. The lowest BCUT2D eigenvalue weighted by Gasteiger charge is -2.26. The molecule has 0 saturated heterocycles. The van der Waals surface area contributed by atoms with Gasteiger partial charge < -0.3 is 9.80 Å². The van der Waals surface area contributed by atoms with Gasteiger partial charge in [-0.2, -0.15) is 0 Å². The number of nitro benzene ring substituents is 1. The van der Waals surface area contributed by atoms with Gasteiger partial charge in [-0.3, -0.25) is 10.1 Å². The molecule has 0 unspecified atom stereocenters. The van der Waals surface area contributed by atoms with E-state index in [0.717, 1.165) is 40.4 Å². The molecular formula is C44H35N3O2. The van der Waals surface area contributed by atoms with E-state index in [4.69, 9.17) is 0 Å². The summed E-state index contributed by atoms with van der Waals surface area (Å²) in [5.41, 5.74) is 12.2. The first-order valence-electron chi connectivity index (χ1n) is 16.3. The minimum atomic E-state index is -0.368. The van der Waals surface area contributed by atoms with Gasteiger partial charge in [-0.05, 0) is 81.4 Å². The van der Waals surface area contributed by atoms with Crippen LogP contribution in [0.5, 0.6) is 0 Å². The lowest BCUT2D eigenvalue weighted by atomic mass is 10.0. The Kier molecular flexibility index (Phi) is 8.98. The topological polar surface area (TPSA) is 49.6 Å². The van der Waals surface area contributed by atoms with E-state index in [2.05, 4.69) is 138 Å². The van der Waals surface area contributed by atoms with Crippen molar-refractivity contribution < 1.29 is 4.92 Å². The van der Waals surface area contributed by atoms with Crippen LogP contribution in [0.1, 0.15) is 5.56 Å². The summed E-state index contributed by atoms with van der Waals surface area (Å²) in [5.74, 6) is 0. The van der Waals surface area contributed by atoms with Crippen molar-refractivity contribution in [2.75, 3.05) is 16.8 Å². The SMILES string of the molecule is CN(c1ccc(-c2ccc(N(Cc3ccc(-c4ccccc4)cc3)c3ccc(-c4ccccc4)cc3)cc2)cc1)c1cccc([N+](=O)[O-])c1. The molecule has 49 heavy (non-hydrogen) atoms. The Bertz CT molecular complexity index is 2150. The van der Waals surface area contributed by atoms with Crippen molar-refractivity contribution in [1.82, 2.24) is 0 Å². The zero-order valence-electron chi connectivity index (χ0n) is 27.2. The van der Waals surface area contributed by atoms with Gasteiger partial charge >= 0.3 is 0 Å². The summed E-state index contributed by atoms with van der Waals surface area (Å²) in [6, 6.07) is 62.2. The Morgan fingerprint density at radius 2 is 0.857 bits per heavy atom. The molecule has 0 saturated carbocycles. The van der Waals surface area contributed by atoms with Crippen molar-refractivity contribution in [2.45, 2.75) is 6.54 Å². The number of hydrogen-bond acceptors (Lipinski definition) is 4. The van der Waals surface area contributed by atoms with Crippen molar-refractivity contribution in [3.8, 4) is 33.4 Å². The molecular weight excluding hydrogens is 603 g/mol. The smallest absolute Gasteiger partial charge is 0.271 e. The fourth-order valence-electron chi connectivity index (χ4n) is 6.09. The Morgan fingerprint density at radius 3 is 1.31 bits per heavy atom. The summed E-state index contributed by atoms with van der Waals surface area (Å²) in [6.45, 7) is 0.720. The first-order valence-corrected chi connectivity index (χ1v) is 16.3. The third-order valence-corrected chi connectivity index (χ3v) is 8.88.